The van der Waals surface area contributed by atoms with Crippen molar-refractivity contribution in [2.24, 2.45) is 0 Å². The van der Waals surface area contributed by atoms with Crippen molar-refractivity contribution in [1.29, 1.82) is 0 Å². The molecule has 0 aliphatic rings. The highest BCUT2D eigenvalue weighted by Gasteiger charge is 1.78. The van der Waals surface area contributed by atoms with Gasteiger partial charge in [0.1, 0.15) is 6.73 Å². The quantitative estimate of drug-likeness (QED) is 0.279. The van der Waals surface area contributed by atoms with Gasteiger partial charge in [-0.3, -0.25) is 10.4 Å². The molecule has 0 rings (SSSR count). The standard InChI is InChI=1S/CH5NO3/c3-1-2(4)5/h3-5H,1H2. The molecule has 0 aromatic heterocycles. The minimum Gasteiger partial charge on any atom is -0.376 e. The SMILES string of the molecule is OCN(O)O. The fourth-order valence-corrected chi connectivity index (χ4v) is 0. The van der Waals surface area contributed by atoms with Crippen LogP contribution in [0.2, 0.25) is 0 Å². The summed E-state index contributed by atoms with van der Waals surface area (Å²) >= 11 is 0. The molecule has 0 fully saturated rings. The van der Waals surface area contributed by atoms with Crippen LogP contribution in [0.1, 0.15) is 0 Å². The van der Waals surface area contributed by atoms with Crippen molar-refractivity contribution < 1.29 is 15.5 Å². The Bertz CT molecular complexity index is 20.9. The zero-order valence-electron chi connectivity index (χ0n) is 2.50. The summed E-state index contributed by atoms with van der Waals surface area (Å²) in [6.07, 6.45) is 0. The van der Waals surface area contributed by atoms with Crippen molar-refractivity contribution >= 4 is 0 Å². The van der Waals surface area contributed by atoms with Crippen molar-refractivity contribution in [2.75, 3.05) is 6.73 Å². The molecule has 0 saturated heterocycles. The Morgan fingerprint density at radius 2 is 1.60 bits per heavy atom. The van der Waals surface area contributed by atoms with Gasteiger partial charge < -0.3 is 5.11 Å². The third kappa shape index (κ3) is 3.84. The highest BCUT2D eigenvalue weighted by molar-refractivity contribution is 3.84. The number of rotatable bonds is 1. The largest absolute Gasteiger partial charge is 0.376 e. The van der Waals surface area contributed by atoms with Gasteiger partial charge in [0, 0.05) is 0 Å². The van der Waals surface area contributed by atoms with E-state index in [0.29, 0.717) is 0 Å². The molecule has 0 heterocycles. The molecule has 4 nitrogen and oxygen atoms in total. The topological polar surface area (TPSA) is 63.9 Å². The molecule has 0 aromatic carbocycles. The molecule has 0 aliphatic heterocycles. The number of aliphatic hydroxyl groups excluding tert-OH is 1. The second kappa shape index (κ2) is 2.10. The van der Waals surface area contributed by atoms with Gasteiger partial charge in [0.25, 0.3) is 0 Å². The molecule has 0 aliphatic carbocycles. The molecule has 0 aromatic rings. The predicted octanol–water partition coefficient (Wildman–Crippen LogP) is -0.983. The maximum atomic E-state index is 7.57. The first kappa shape index (κ1) is 4.84. The van der Waals surface area contributed by atoms with Crippen molar-refractivity contribution in [3.63, 3.8) is 0 Å². The fraction of sp³-hybridized carbons (Fsp3) is 1.00. The Labute approximate surface area is 28.8 Å². The Hall–Kier alpha value is -0.160. The number of hydroxylamine groups is 2. The molecule has 0 atom stereocenters. The zero-order chi connectivity index (χ0) is 4.28. The van der Waals surface area contributed by atoms with E-state index in [-0.39, 0.29) is 5.23 Å². The van der Waals surface area contributed by atoms with Gasteiger partial charge in [0.05, 0.1) is 0 Å². The van der Waals surface area contributed by atoms with Crippen molar-refractivity contribution in [2.45, 2.75) is 0 Å². The molecular weight excluding hydrogens is 74.0 g/mol. The highest BCUT2D eigenvalue weighted by Crippen LogP contribution is 1.57. The van der Waals surface area contributed by atoms with Gasteiger partial charge in [-0.15, -0.1) is 0 Å². The van der Waals surface area contributed by atoms with Crippen LogP contribution in [-0.2, 0) is 0 Å². The second-order valence-electron chi connectivity index (χ2n) is 0.514. The van der Waals surface area contributed by atoms with Gasteiger partial charge in [-0.1, -0.05) is 0 Å². The van der Waals surface area contributed by atoms with Crippen LogP contribution in [-0.4, -0.2) is 27.5 Å². The van der Waals surface area contributed by atoms with Crippen LogP contribution < -0.4 is 0 Å². The van der Waals surface area contributed by atoms with Crippen LogP contribution in [0.15, 0.2) is 0 Å². The maximum absolute atomic E-state index is 7.57. The zero-order valence-corrected chi connectivity index (χ0v) is 2.50. The number of hydrogen-bond donors (Lipinski definition) is 3. The molecule has 0 saturated carbocycles. The Morgan fingerprint density at radius 3 is 1.60 bits per heavy atom. The van der Waals surface area contributed by atoms with Crippen LogP contribution in [0.3, 0.4) is 0 Å². The average Bonchev–Trinajstić information content (AvgIpc) is 1.38. The van der Waals surface area contributed by atoms with Crippen molar-refractivity contribution in [1.82, 2.24) is 5.23 Å². The fourth-order valence-electron chi connectivity index (χ4n) is 0. The summed E-state index contributed by atoms with van der Waals surface area (Å²) in [6.45, 7) is -0.750. The first-order valence-corrected chi connectivity index (χ1v) is 1.03. The molecule has 0 radical (unpaired) electrons. The van der Waals surface area contributed by atoms with Crippen molar-refractivity contribution in [3.8, 4) is 0 Å². The Balaban J connectivity index is 2.54. The normalized spacial score (nSPS) is 9.60. The van der Waals surface area contributed by atoms with Crippen molar-refractivity contribution in [3.05, 3.63) is 0 Å². The second-order valence-corrected chi connectivity index (χ2v) is 0.514. The summed E-state index contributed by atoms with van der Waals surface area (Å²) < 4.78 is 0. The summed E-state index contributed by atoms with van der Waals surface area (Å²) in [5.74, 6) is 0. The van der Waals surface area contributed by atoms with E-state index < -0.39 is 6.73 Å². The lowest BCUT2D eigenvalue weighted by molar-refractivity contribution is -0.335. The van der Waals surface area contributed by atoms with Gasteiger partial charge >= 0.3 is 0 Å². The van der Waals surface area contributed by atoms with E-state index in [1.54, 1.807) is 0 Å². The molecule has 4 heteroatoms. The molecule has 32 valence electrons. The first-order chi connectivity index (χ1) is 2.27. The smallest absolute Gasteiger partial charge is 0.146 e. The lowest BCUT2D eigenvalue weighted by Gasteiger charge is -1.94. The minimum atomic E-state index is -0.750. The van der Waals surface area contributed by atoms with Gasteiger partial charge in [0.2, 0.25) is 0 Å². The summed E-state index contributed by atoms with van der Waals surface area (Å²) in [4.78, 5) is 0. The van der Waals surface area contributed by atoms with Crippen LogP contribution in [0.5, 0.6) is 0 Å². The summed E-state index contributed by atoms with van der Waals surface area (Å²) in [6, 6.07) is 0. The van der Waals surface area contributed by atoms with E-state index in [4.69, 9.17) is 15.5 Å². The van der Waals surface area contributed by atoms with Gasteiger partial charge in [-0.05, 0) is 5.23 Å². The third-order valence-corrected chi connectivity index (χ3v) is 0.126. The number of aliphatic hydroxyl groups is 1. The van der Waals surface area contributed by atoms with E-state index in [1.807, 2.05) is 0 Å². The summed E-state index contributed by atoms with van der Waals surface area (Å²) in [7, 11) is 0. The maximum Gasteiger partial charge on any atom is 0.146 e. The number of hydrogen-bond acceptors (Lipinski definition) is 4. The van der Waals surface area contributed by atoms with Gasteiger partial charge in [-0.2, -0.15) is 0 Å². The molecule has 0 spiro atoms. The van der Waals surface area contributed by atoms with Crippen LogP contribution in [0.4, 0.5) is 0 Å². The molecule has 5 heavy (non-hydrogen) atoms. The predicted molar refractivity (Wildman–Crippen MR) is 12.5 cm³/mol. The van der Waals surface area contributed by atoms with Gasteiger partial charge in [-0.25, -0.2) is 0 Å². The van der Waals surface area contributed by atoms with E-state index >= 15 is 0 Å². The molecule has 3 N–H and O–H groups in total. The van der Waals surface area contributed by atoms with E-state index in [2.05, 4.69) is 0 Å². The number of nitrogens with zero attached hydrogens (tertiary/aromatic N) is 1. The van der Waals surface area contributed by atoms with E-state index in [9.17, 15) is 0 Å². The first-order valence-electron chi connectivity index (χ1n) is 1.03. The molecule has 0 bridgehead atoms. The Kier molecular flexibility index (Phi) is 2.03. The Morgan fingerprint density at radius 1 is 1.40 bits per heavy atom. The van der Waals surface area contributed by atoms with E-state index in [0.717, 1.165) is 0 Å². The lowest BCUT2D eigenvalue weighted by Crippen LogP contribution is -2.13. The lowest BCUT2D eigenvalue weighted by atomic mass is 11.3. The van der Waals surface area contributed by atoms with Crippen LogP contribution >= 0.6 is 0 Å². The average molecular weight is 79.1 g/mol. The summed E-state index contributed by atoms with van der Waals surface area (Å²) in [5, 5.41) is 22.2. The molecule has 0 amide bonds. The monoisotopic (exact) mass is 79.0 g/mol. The highest BCUT2D eigenvalue weighted by atomic mass is 16.8. The molecule has 0 unspecified atom stereocenters. The third-order valence-electron chi connectivity index (χ3n) is 0.126. The van der Waals surface area contributed by atoms with Gasteiger partial charge in [0.15, 0.2) is 0 Å². The van der Waals surface area contributed by atoms with E-state index in [1.165, 1.54) is 0 Å². The minimum absolute atomic E-state index is 0.319. The summed E-state index contributed by atoms with van der Waals surface area (Å²) in [5.41, 5.74) is 0. The van der Waals surface area contributed by atoms with Crippen LogP contribution in [0.25, 0.3) is 0 Å². The van der Waals surface area contributed by atoms with Crippen LogP contribution in [0, 0.1) is 0 Å². The molecular formula is CH5NO3.